The van der Waals surface area contributed by atoms with Gasteiger partial charge >= 0.3 is 0 Å². The Morgan fingerprint density at radius 2 is 1.68 bits per heavy atom. The second-order valence-corrected chi connectivity index (χ2v) is 5.55. The highest BCUT2D eigenvalue weighted by molar-refractivity contribution is 6.30. The summed E-state index contributed by atoms with van der Waals surface area (Å²) in [6.07, 6.45) is 0. The first-order chi connectivity index (χ1) is 12.1. The lowest BCUT2D eigenvalue weighted by Gasteiger charge is -2.10. The van der Waals surface area contributed by atoms with E-state index < -0.39 is 4.92 Å². The van der Waals surface area contributed by atoms with E-state index in [-0.39, 0.29) is 5.69 Å². The molecule has 3 aromatic rings. The number of halogens is 1. The molecule has 0 aliphatic carbocycles. The van der Waals surface area contributed by atoms with Gasteiger partial charge in [0.25, 0.3) is 5.69 Å². The first-order valence-electron chi connectivity index (χ1n) is 7.44. The Hall–Kier alpha value is -3.18. The van der Waals surface area contributed by atoms with E-state index in [0.717, 1.165) is 0 Å². The molecule has 3 aromatic carbocycles. The summed E-state index contributed by atoms with van der Waals surface area (Å²) in [7, 11) is 0. The molecule has 0 spiro atoms. The number of nitrogens with zero attached hydrogens (tertiary/aromatic N) is 2. The summed E-state index contributed by atoms with van der Waals surface area (Å²) in [5.41, 5.74) is 1.33. The normalized spacial score (nSPS) is 11.2. The van der Waals surface area contributed by atoms with Gasteiger partial charge in [0.1, 0.15) is 5.75 Å². The largest absolute Gasteiger partial charge is 0.438 e. The van der Waals surface area contributed by atoms with Gasteiger partial charge in [0, 0.05) is 22.7 Å². The number of para-hydroxylation sites is 1. The number of nitro groups is 1. The van der Waals surface area contributed by atoms with Gasteiger partial charge in [-0.3, -0.25) is 10.1 Å². The van der Waals surface area contributed by atoms with Crippen LogP contribution >= 0.6 is 11.6 Å². The Balaban J connectivity index is 1.99. The average Bonchev–Trinajstić information content (AvgIpc) is 2.62. The van der Waals surface area contributed by atoms with Crippen LogP contribution in [0.15, 0.2) is 83.9 Å². The number of hydrogen-bond donors (Lipinski definition) is 0. The number of rotatable bonds is 4. The fourth-order valence-corrected chi connectivity index (χ4v) is 2.31. The van der Waals surface area contributed by atoms with Crippen LogP contribution in [0, 0.1) is 10.1 Å². The van der Waals surface area contributed by atoms with Crippen LogP contribution in [-0.2, 0) is 0 Å². The summed E-state index contributed by atoms with van der Waals surface area (Å²) in [6.45, 7) is 0. The molecule has 0 bridgehead atoms. The van der Waals surface area contributed by atoms with E-state index in [0.29, 0.717) is 27.9 Å². The number of non-ortho nitro benzene ring substituents is 1. The molecule has 0 atom stereocenters. The van der Waals surface area contributed by atoms with Crippen molar-refractivity contribution in [3.63, 3.8) is 0 Å². The van der Waals surface area contributed by atoms with Gasteiger partial charge in [-0.25, -0.2) is 4.99 Å². The van der Waals surface area contributed by atoms with Crippen molar-refractivity contribution in [2.75, 3.05) is 0 Å². The Labute approximate surface area is 149 Å². The second kappa shape index (κ2) is 7.59. The summed E-state index contributed by atoms with van der Waals surface area (Å²) in [4.78, 5) is 14.9. The molecule has 25 heavy (non-hydrogen) atoms. The quantitative estimate of drug-likeness (QED) is 0.273. The zero-order valence-corrected chi connectivity index (χ0v) is 13.8. The van der Waals surface area contributed by atoms with E-state index in [9.17, 15) is 10.1 Å². The van der Waals surface area contributed by atoms with Crippen molar-refractivity contribution < 1.29 is 9.66 Å². The van der Waals surface area contributed by atoms with E-state index in [2.05, 4.69) is 4.99 Å². The predicted molar refractivity (Wildman–Crippen MR) is 97.8 cm³/mol. The van der Waals surface area contributed by atoms with Crippen molar-refractivity contribution >= 4 is 28.9 Å². The molecule has 124 valence electrons. The van der Waals surface area contributed by atoms with Crippen LogP contribution in [0.25, 0.3) is 0 Å². The molecule has 0 aliphatic rings. The minimum Gasteiger partial charge on any atom is -0.438 e. The Morgan fingerprint density at radius 1 is 0.960 bits per heavy atom. The third-order valence-electron chi connectivity index (χ3n) is 3.32. The molecule has 0 saturated carbocycles. The minimum atomic E-state index is -0.449. The zero-order valence-electron chi connectivity index (χ0n) is 13.0. The zero-order chi connectivity index (χ0) is 17.6. The summed E-state index contributed by atoms with van der Waals surface area (Å²) in [5, 5.41) is 11.4. The summed E-state index contributed by atoms with van der Waals surface area (Å²) in [5.74, 6) is 0.851. The maximum Gasteiger partial charge on any atom is 0.269 e. The minimum absolute atomic E-state index is 0.00515. The lowest BCUT2D eigenvalue weighted by Crippen LogP contribution is -2.10. The Morgan fingerprint density at radius 3 is 2.32 bits per heavy atom. The predicted octanol–water partition coefficient (Wildman–Crippen LogP) is 5.41. The number of benzene rings is 3. The number of nitro benzene ring substituents is 1. The molecule has 3 rings (SSSR count). The molecule has 0 heterocycles. The first-order valence-corrected chi connectivity index (χ1v) is 7.81. The molecule has 0 unspecified atom stereocenters. The number of ether oxygens (including phenoxy) is 1. The number of aliphatic imine (C=N–C) groups is 1. The van der Waals surface area contributed by atoms with Crippen molar-refractivity contribution in [2.24, 2.45) is 4.99 Å². The summed E-state index contributed by atoms with van der Waals surface area (Å²) in [6, 6.07) is 22.3. The average molecular weight is 353 g/mol. The molecule has 0 radical (unpaired) electrons. The van der Waals surface area contributed by atoms with Gasteiger partial charge in [-0.1, -0.05) is 35.9 Å². The Bertz CT molecular complexity index is 909. The molecule has 6 heteroatoms. The van der Waals surface area contributed by atoms with E-state index >= 15 is 0 Å². The van der Waals surface area contributed by atoms with Gasteiger partial charge in [-0.2, -0.15) is 0 Å². The van der Waals surface area contributed by atoms with Crippen molar-refractivity contribution in [1.82, 2.24) is 0 Å². The SMILES string of the molecule is O=[N+]([O-])c1ccc(C(=Nc2ccccc2)Oc2cccc(Cl)c2)cc1. The van der Waals surface area contributed by atoms with Crippen LogP contribution in [0.2, 0.25) is 5.02 Å². The van der Waals surface area contributed by atoms with Gasteiger partial charge < -0.3 is 4.74 Å². The van der Waals surface area contributed by atoms with Crippen molar-refractivity contribution in [3.8, 4) is 5.75 Å². The van der Waals surface area contributed by atoms with Gasteiger partial charge in [0.15, 0.2) is 0 Å². The molecule has 0 N–H and O–H groups in total. The monoisotopic (exact) mass is 352 g/mol. The molecule has 0 fully saturated rings. The van der Waals surface area contributed by atoms with Crippen LogP contribution in [0.1, 0.15) is 5.56 Å². The van der Waals surface area contributed by atoms with E-state index in [1.807, 2.05) is 30.3 Å². The van der Waals surface area contributed by atoms with Gasteiger partial charge in [0.05, 0.1) is 10.6 Å². The Kier molecular flexibility index (Phi) is 5.06. The van der Waals surface area contributed by atoms with Crippen molar-refractivity contribution in [1.29, 1.82) is 0 Å². The second-order valence-electron chi connectivity index (χ2n) is 5.12. The fourth-order valence-electron chi connectivity index (χ4n) is 2.13. The molecule has 0 aliphatic heterocycles. The summed E-state index contributed by atoms with van der Waals surface area (Å²) < 4.78 is 5.88. The van der Waals surface area contributed by atoms with Gasteiger partial charge in [-0.15, -0.1) is 0 Å². The smallest absolute Gasteiger partial charge is 0.269 e. The standard InChI is InChI=1S/C19H13ClN2O3/c20-15-5-4-8-18(13-15)25-19(21-16-6-2-1-3-7-16)14-9-11-17(12-10-14)22(23)24/h1-13H. The van der Waals surface area contributed by atoms with E-state index in [1.165, 1.54) is 12.1 Å². The van der Waals surface area contributed by atoms with Crippen molar-refractivity contribution in [3.05, 3.63) is 99.6 Å². The third-order valence-corrected chi connectivity index (χ3v) is 3.56. The van der Waals surface area contributed by atoms with Gasteiger partial charge in [0.2, 0.25) is 5.90 Å². The first kappa shape index (κ1) is 16.7. The molecule has 5 nitrogen and oxygen atoms in total. The van der Waals surface area contributed by atoms with E-state index in [1.54, 1.807) is 36.4 Å². The lowest BCUT2D eigenvalue weighted by atomic mass is 10.2. The summed E-state index contributed by atoms with van der Waals surface area (Å²) >= 11 is 6.00. The molecular weight excluding hydrogens is 340 g/mol. The fraction of sp³-hybridized carbons (Fsp3) is 0. The lowest BCUT2D eigenvalue weighted by molar-refractivity contribution is -0.384. The highest BCUT2D eigenvalue weighted by atomic mass is 35.5. The molecule has 0 aromatic heterocycles. The third kappa shape index (κ3) is 4.43. The van der Waals surface area contributed by atoms with Crippen LogP contribution in [0.3, 0.4) is 0 Å². The van der Waals surface area contributed by atoms with Crippen LogP contribution in [0.5, 0.6) is 5.75 Å². The van der Waals surface area contributed by atoms with Gasteiger partial charge in [-0.05, 0) is 42.5 Å². The maximum absolute atomic E-state index is 10.8. The van der Waals surface area contributed by atoms with Crippen LogP contribution in [0.4, 0.5) is 11.4 Å². The topological polar surface area (TPSA) is 64.7 Å². The van der Waals surface area contributed by atoms with Crippen LogP contribution < -0.4 is 4.74 Å². The van der Waals surface area contributed by atoms with E-state index in [4.69, 9.17) is 16.3 Å². The molecule has 0 amide bonds. The highest BCUT2D eigenvalue weighted by Crippen LogP contribution is 2.22. The maximum atomic E-state index is 10.8. The molecular formula is C19H13ClN2O3. The number of hydrogen-bond acceptors (Lipinski definition) is 4. The van der Waals surface area contributed by atoms with Crippen molar-refractivity contribution in [2.45, 2.75) is 0 Å². The highest BCUT2D eigenvalue weighted by Gasteiger charge is 2.11. The molecule has 0 saturated heterocycles. The van der Waals surface area contributed by atoms with Crippen LogP contribution in [-0.4, -0.2) is 10.8 Å².